The number of ether oxygens (including phenoxy) is 1. The quantitative estimate of drug-likeness (QED) is 0.857. The summed E-state index contributed by atoms with van der Waals surface area (Å²) in [5.74, 6) is 0. The van der Waals surface area contributed by atoms with E-state index < -0.39 is 10.8 Å². The number of hydrogen-bond donors (Lipinski definition) is 1. The van der Waals surface area contributed by atoms with Gasteiger partial charge in [-0.1, -0.05) is 6.07 Å². The van der Waals surface area contributed by atoms with E-state index >= 15 is 0 Å². The van der Waals surface area contributed by atoms with Gasteiger partial charge >= 0.3 is 0 Å². The Kier molecular flexibility index (Phi) is 4.40. The predicted molar refractivity (Wildman–Crippen MR) is 75.1 cm³/mol. The van der Waals surface area contributed by atoms with Crippen LogP contribution in [0, 0.1) is 6.92 Å². The first kappa shape index (κ1) is 13.6. The molecule has 100 valence electrons. The molecule has 0 spiro atoms. The van der Waals surface area contributed by atoms with E-state index in [0.29, 0.717) is 5.69 Å². The van der Waals surface area contributed by atoms with Crippen molar-refractivity contribution in [2.45, 2.75) is 48.9 Å². The summed E-state index contributed by atoms with van der Waals surface area (Å²) in [5.41, 5.74) is 7.53. The van der Waals surface area contributed by atoms with Gasteiger partial charge in [0, 0.05) is 22.9 Å². The van der Waals surface area contributed by atoms with Gasteiger partial charge in [0.1, 0.15) is 0 Å². The Morgan fingerprint density at radius 3 is 2.89 bits per heavy atom. The van der Waals surface area contributed by atoms with E-state index in [0.717, 1.165) is 36.1 Å². The topological polar surface area (TPSA) is 52.3 Å². The van der Waals surface area contributed by atoms with Crippen LogP contribution in [0.15, 0.2) is 23.1 Å². The molecule has 1 saturated carbocycles. The molecule has 1 aliphatic rings. The summed E-state index contributed by atoms with van der Waals surface area (Å²) in [5, 5.41) is 0.198. The van der Waals surface area contributed by atoms with Crippen molar-refractivity contribution in [3.63, 3.8) is 0 Å². The molecule has 0 bridgehead atoms. The van der Waals surface area contributed by atoms with E-state index in [1.807, 2.05) is 25.1 Å². The van der Waals surface area contributed by atoms with Crippen molar-refractivity contribution in [2.24, 2.45) is 0 Å². The van der Waals surface area contributed by atoms with Gasteiger partial charge in [-0.3, -0.25) is 4.21 Å². The van der Waals surface area contributed by atoms with Crippen molar-refractivity contribution < 1.29 is 8.95 Å². The van der Waals surface area contributed by atoms with Crippen LogP contribution in [0.1, 0.15) is 31.2 Å². The highest BCUT2D eigenvalue weighted by Crippen LogP contribution is 2.29. The molecule has 0 aromatic heterocycles. The lowest BCUT2D eigenvalue weighted by Gasteiger charge is -2.28. The number of anilines is 1. The minimum Gasteiger partial charge on any atom is -0.399 e. The monoisotopic (exact) mass is 267 g/mol. The number of rotatable bonds is 3. The highest BCUT2D eigenvalue weighted by atomic mass is 32.2. The maximum Gasteiger partial charge on any atom is 0.0583 e. The van der Waals surface area contributed by atoms with Crippen LogP contribution in [-0.4, -0.2) is 22.7 Å². The average Bonchev–Trinajstić information content (AvgIpc) is 2.41. The van der Waals surface area contributed by atoms with Crippen LogP contribution in [0.2, 0.25) is 0 Å². The average molecular weight is 267 g/mol. The Balaban J connectivity index is 2.17. The molecule has 0 aliphatic heterocycles. The highest BCUT2D eigenvalue weighted by Gasteiger charge is 2.27. The molecular formula is C14H21NO2S. The fourth-order valence-corrected chi connectivity index (χ4v) is 4.29. The Bertz CT molecular complexity index is 447. The molecular weight excluding hydrogens is 246 g/mol. The first-order valence-electron chi connectivity index (χ1n) is 6.41. The van der Waals surface area contributed by atoms with Crippen molar-refractivity contribution in [1.82, 2.24) is 0 Å². The minimum absolute atomic E-state index is 0.198. The molecule has 0 amide bonds. The minimum atomic E-state index is -0.974. The van der Waals surface area contributed by atoms with Crippen LogP contribution in [0.3, 0.4) is 0 Å². The lowest BCUT2D eigenvalue weighted by molar-refractivity contribution is 0.0725. The normalized spacial score (nSPS) is 25.9. The summed E-state index contributed by atoms with van der Waals surface area (Å²) < 4.78 is 18.0. The third kappa shape index (κ3) is 2.93. The molecule has 3 atom stereocenters. The van der Waals surface area contributed by atoms with Crippen LogP contribution in [0.25, 0.3) is 0 Å². The molecule has 1 aromatic rings. The molecule has 1 fully saturated rings. The second-order valence-electron chi connectivity index (χ2n) is 4.97. The fourth-order valence-electron chi connectivity index (χ4n) is 2.52. The molecule has 2 rings (SSSR count). The molecule has 1 aliphatic carbocycles. The zero-order chi connectivity index (χ0) is 13.1. The second-order valence-corrected chi connectivity index (χ2v) is 6.67. The fraction of sp³-hybridized carbons (Fsp3) is 0.571. The van der Waals surface area contributed by atoms with Crippen LogP contribution in [-0.2, 0) is 15.5 Å². The molecule has 0 radical (unpaired) electrons. The van der Waals surface area contributed by atoms with Crippen LogP contribution < -0.4 is 5.73 Å². The molecule has 3 unspecified atom stereocenters. The third-order valence-electron chi connectivity index (χ3n) is 3.64. The molecule has 3 nitrogen and oxygen atoms in total. The zero-order valence-corrected chi connectivity index (χ0v) is 11.8. The van der Waals surface area contributed by atoms with E-state index in [9.17, 15) is 4.21 Å². The van der Waals surface area contributed by atoms with Crippen molar-refractivity contribution in [2.75, 3.05) is 12.8 Å². The molecule has 0 saturated heterocycles. The van der Waals surface area contributed by atoms with Gasteiger partial charge in [-0.2, -0.15) is 0 Å². The third-order valence-corrected chi connectivity index (χ3v) is 5.55. The van der Waals surface area contributed by atoms with Crippen LogP contribution >= 0.6 is 0 Å². The van der Waals surface area contributed by atoms with Crippen molar-refractivity contribution in [3.05, 3.63) is 23.8 Å². The summed E-state index contributed by atoms with van der Waals surface area (Å²) >= 11 is 0. The number of hydrogen-bond acceptors (Lipinski definition) is 3. The SMILES string of the molecule is COC1CCCC(S(=O)c2cc(N)ccc2C)C1. The largest absolute Gasteiger partial charge is 0.399 e. The Hall–Kier alpha value is -0.870. The molecule has 1 aromatic carbocycles. The highest BCUT2D eigenvalue weighted by molar-refractivity contribution is 7.85. The lowest BCUT2D eigenvalue weighted by atomic mass is 9.97. The maximum absolute atomic E-state index is 12.6. The van der Waals surface area contributed by atoms with E-state index in [1.165, 1.54) is 0 Å². The number of methoxy groups -OCH3 is 1. The van der Waals surface area contributed by atoms with Gasteiger partial charge in [0.25, 0.3) is 0 Å². The summed E-state index contributed by atoms with van der Waals surface area (Å²) in [6, 6.07) is 5.65. The van der Waals surface area contributed by atoms with Gasteiger partial charge in [-0.05, 0) is 50.3 Å². The smallest absolute Gasteiger partial charge is 0.0583 e. The van der Waals surface area contributed by atoms with Gasteiger partial charge < -0.3 is 10.5 Å². The van der Waals surface area contributed by atoms with E-state index in [-0.39, 0.29) is 11.4 Å². The Labute approximate surface area is 111 Å². The summed E-state index contributed by atoms with van der Waals surface area (Å²) in [6.45, 7) is 1.99. The van der Waals surface area contributed by atoms with E-state index in [4.69, 9.17) is 10.5 Å². The summed E-state index contributed by atoms with van der Waals surface area (Å²) in [6.07, 6.45) is 4.34. The zero-order valence-electron chi connectivity index (χ0n) is 11.0. The van der Waals surface area contributed by atoms with Gasteiger partial charge in [0.15, 0.2) is 0 Å². The van der Waals surface area contributed by atoms with E-state index in [1.54, 1.807) is 7.11 Å². The van der Waals surface area contributed by atoms with Crippen molar-refractivity contribution >= 4 is 16.5 Å². The number of nitrogens with two attached hydrogens (primary N) is 1. The van der Waals surface area contributed by atoms with Crippen molar-refractivity contribution in [1.29, 1.82) is 0 Å². The second kappa shape index (κ2) is 5.85. The van der Waals surface area contributed by atoms with Crippen molar-refractivity contribution in [3.8, 4) is 0 Å². The summed E-state index contributed by atoms with van der Waals surface area (Å²) in [4.78, 5) is 0.886. The Morgan fingerprint density at radius 1 is 1.39 bits per heavy atom. The van der Waals surface area contributed by atoms with Gasteiger partial charge in [0.2, 0.25) is 0 Å². The number of aryl methyl sites for hydroxylation is 1. The van der Waals surface area contributed by atoms with Crippen LogP contribution in [0.4, 0.5) is 5.69 Å². The number of benzene rings is 1. The molecule has 18 heavy (non-hydrogen) atoms. The first-order chi connectivity index (χ1) is 8.61. The first-order valence-corrected chi connectivity index (χ1v) is 7.62. The van der Waals surface area contributed by atoms with Gasteiger partial charge in [0.05, 0.1) is 16.9 Å². The molecule has 4 heteroatoms. The molecule has 0 heterocycles. The lowest BCUT2D eigenvalue weighted by Crippen LogP contribution is -2.28. The van der Waals surface area contributed by atoms with Gasteiger partial charge in [-0.25, -0.2) is 0 Å². The van der Waals surface area contributed by atoms with Gasteiger partial charge in [-0.15, -0.1) is 0 Å². The maximum atomic E-state index is 12.6. The molecule has 2 N–H and O–H groups in total. The van der Waals surface area contributed by atoms with Crippen LogP contribution in [0.5, 0.6) is 0 Å². The Morgan fingerprint density at radius 2 is 2.17 bits per heavy atom. The summed E-state index contributed by atoms with van der Waals surface area (Å²) in [7, 11) is 0.764. The van der Waals surface area contributed by atoms with E-state index in [2.05, 4.69) is 0 Å². The standard InChI is InChI=1S/C14H21NO2S/c1-10-6-7-11(15)8-14(10)18(16)13-5-3-4-12(9-13)17-2/h6-8,12-13H,3-5,9,15H2,1-2H3. The number of nitrogen functional groups attached to an aromatic ring is 1. The predicted octanol–water partition coefficient (Wildman–Crippen LogP) is 2.64.